The number of para-hydroxylation sites is 1. The van der Waals surface area contributed by atoms with Crippen LogP contribution in [0.4, 0.5) is 5.69 Å². The van der Waals surface area contributed by atoms with Crippen molar-refractivity contribution in [1.29, 1.82) is 0 Å². The predicted octanol–water partition coefficient (Wildman–Crippen LogP) is 2.34. The number of nitrogens with one attached hydrogen (secondary N) is 1. The Bertz CT molecular complexity index is 467. The predicted molar refractivity (Wildman–Crippen MR) is 85.4 cm³/mol. The molecule has 0 aliphatic carbocycles. The van der Waals surface area contributed by atoms with Gasteiger partial charge < -0.3 is 15.3 Å². The average Bonchev–Trinajstić information content (AvgIpc) is 2.91. The summed E-state index contributed by atoms with van der Waals surface area (Å²) in [4.78, 5) is 14.4. The molecule has 0 saturated carbocycles. The van der Waals surface area contributed by atoms with E-state index in [-0.39, 0.29) is 12.5 Å². The molecular formula is C17H26N2O2. The highest BCUT2D eigenvalue weighted by molar-refractivity contribution is 5.92. The van der Waals surface area contributed by atoms with Gasteiger partial charge in [0.25, 0.3) is 0 Å². The Labute approximate surface area is 127 Å². The molecule has 0 radical (unpaired) electrons. The number of likely N-dealkylation sites (tertiary alicyclic amines) is 1. The molecule has 21 heavy (non-hydrogen) atoms. The van der Waals surface area contributed by atoms with E-state index in [1.54, 1.807) is 0 Å². The van der Waals surface area contributed by atoms with Gasteiger partial charge in [-0.05, 0) is 56.8 Å². The van der Waals surface area contributed by atoms with E-state index >= 15 is 0 Å². The second-order valence-corrected chi connectivity index (χ2v) is 6.06. The Morgan fingerprint density at radius 1 is 1.38 bits per heavy atom. The lowest BCUT2D eigenvalue weighted by atomic mass is 10.1. The summed E-state index contributed by atoms with van der Waals surface area (Å²) in [7, 11) is 0. The van der Waals surface area contributed by atoms with Crippen LogP contribution in [0.15, 0.2) is 18.2 Å². The van der Waals surface area contributed by atoms with Crippen molar-refractivity contribution < 1.29 is 9.90 Å². The van der Waals surface area contributed by atoms with E-state index in [0.29, 0.717) is 12.3 Å². The van der Waals surface area contributed by atoms with E-state index in [4.69, 9.17) is 5.11 Å². The monoisotopic (exact) mass is 290 g/mol. The summed E-state index contributed by atoms with van der Waals surface area (Å²) in [6.45, 7) is 7.27. The van der Waals surface area contributed by atoms with Crippen LogP contribution in [0.3, 0.4) is 0 Å². The fourth-order valence-corrected chi connectivity index (χ4v) is 2.94. The molecule has 1 heterocycles. The van der Waals surface area contributed by atoms with Gasteiger partial charge in [-0.1, -0.05) is 18.2 Å². The van der Waals surface area contributed by atoms with Crippen LogP contribution in [0, 0.1) is 19.8 Å². The fraction of sp³-hybridized carbons (Fsp3) is 0.588. The second-order valence-electron chi connectivity index (χ2n) is 6.06. The van der Waals surface area contributed by atoms with Crippen molar-refractivity contribution in [2.45, 2.75) is 33.1 Å². The molecule has 4 nitrogen and oxygen atoms in total. The number of hydrogen-bond acceptors (Lipinski definition) is 3. The van der Waals surface area contributed by atoms with Crippen LogP contribution in [0.2, 0.25) is 0 Å². The highest BCUT2D eigenvalue weighted by Gasteiger charge is 2.21. The number of hydrogen-bond donors (Lipinski definition) is 2. The van der Waals surface area contributed by atoms with Crippen LogP contribution in [0.5, 0.6) is 0 Å². The van der Waals surface area contributed by atoms with Crippen molar-refractivity contribution in [3.63, 3.8) is 0 Å². The van der Waals surface area contributed by atoms with E-state index in [0.717, 1.165) is 49.3 Å². The van der Waals surface area contributed by atoms with E-state index in [2.05, 4.69) is 10.2 Å². The number of benzene rings is 1. The van der Waals surface area contributed by atoms with Crippen LogP contribution in [0.25, 0.3) is 0 Å². The third-order valence-electron chi connectivity index (χ3n) is 4.25. The topological polar surface area (TPSA) is 52.6 Å². The number of nitrogens with zero attached hydrogens (tertiary/aromatic N) is 1. The van der Waals surface area contributed by atoms with Crippen molar-refractivity contribution in [1.82, 2.24) is 4.90 Å². The zero-order chi connectivity index (χ0) is 15.2. The maximum absolute atomic E-state index is 12.0. The summed E-state index contributed by atoms with van der Waals surface area (Å²) in [5.74, 6) is 0.513. The first-order chi connectivity index (χ1) is 10.1. The minimum Gasteiger partial charge on any atom is -0.396 e. The van der Waals surface area contributed by atoms with Crippen LogP contribution in [-0.4, -0.2) is 42.2 Å². The van der Waals surface area contributed by atoms with Crippen molar-refractivity contribution in [3.8, 4) is 0 Å². The molecule has 0 bridgehead atoms. The normalized spacial score (nSPS) is 18.9. The molecule has 2 N–H and O–H groups in total. The first kappa shape index (κ1) is 16.0. The smallest absolute Gasteiger partial charge is 0.224 e. The first-order valence-corrected chi connectivity index (χ1v) is 7.79. The number of rotatable bonds is 6. The fourth-order valence-electron chi connectivity index (χ4n) is 2.94. The van der Waals surface area contributed by atoms with Crippen molar-refractivity contribution in [2.75, 3.05) is 31.6 Å². The highest BCUT2D eigenvalue weighted by atomic mass is 16.3. The average molecular weight is 290 g/mol. The molecule has 1 saturated heterocycles. The molecule has 1 aromatic carbocycles. The minimum atomic E-state index is 0.0882. The molecule has 1 atom stereocenters. The molecular weight excluding hydrogens is 264 g/mol. The third-order valence-corrected chi connectivity index (χ3v) is 4.25. The van der Waals surface area contributed by atoms with Crippen LogP contribution >= 0.6 is 0 Å². The molecule has 4 heteroatoms. The highest BCUT2D eigenvalue weighted by Crippen LogP contribution is 2.20. The number of aliphatic hydroxyl groups is 1. The third kappa shape index (κ3) is 4.55. The Morgan fingerprint density at radius 3 is 2.71 bits per heavy atom. The van der Waals surface area contributed by atoms with Gasteiger partial charge in [-0.2, -0.15) is 0 Å². The largest absolute Gasteiger partial charge is 0.396 e. The minimum absolute atomic E-state index is 0.0882. The zero-order valence-corrected chi connectivity index (χ0v) is 13.1. The molecule has 2 rings (SSSR count). The summed E-state index contributed by atoms with van der Waals surface area (Å²) in [6.07, 6.45) is 2.49. The quantitative estimate of drug-likeness (QED) is 0.845. The molecule has 1 aliphatic rings. The van der Waals surface area contributed by atoms with Crippen LogP contribution < -0.4 is 5.32 Å². The summed E-state index contributed by atoms with van der Waals surface area (Å²) >= 11 is 0. The Kier molecular flexibility index (Phi) is 5.76. The molecule has 1 unspecified atom stereocenters. The second kappa shape index (κ2) is 7.57. The molecule has 1 aliphatic heterocycles. The maximum Gasteiger partial charge on any atom is 0.224 e. The number of aliphatic hydroxyl groups excluding tert-OH is 1. The number of carbonyl (C=O) groups is 1. The van der Waals surface area contributed by atoms with E-state index < -0.39 is 0 Å². The van der Waals surface area contributed by atoms with Gasteiger partial charge in [0.1, 0.15) is 0 Å². The van der Waals surface area contributed by atoms with Gasteiger partial charge in [-0.3, -0.25) is 4.79 Å². The zero-order valence-electron chi connectivity index (χ0n) is 13.1. The molecule has 1 amide bonds. The molecule has 0 spiro atoms. The lowest BCUT2D eigenvalue weighted by molar-refractivity contribution is -0.116. The summed E-state index contributed by atoms with van der Waals surface area (Å²) in [5, 5.41) is 12.1. The Balaban J connectivity index is 1.73. The van der Waals surface area contributed by atoms with Crippen molar-refractivity contribution >= 4 is 11.6 Å². The summed E-state index contributed by atoms with van der Waals surface area (Å²) in [5.41, 5.74) is 3.16. The van der Waals surface area contributed by atoms with E-state index in [1.165, 1.54) is 0 Å². The Hall–Kier alpha value is -1.39. The van der Waals surface area contributed by atoms with Gasteiger partial charge in [0.15, 0.2) is 0 Å². The maximum atomic E-state index is 12.0. The van der Waals surface area contributed by atoms with Gasteiger partial charge >= 0.3 is 0 Å². The molecule has 0 aromatic heterocycles. The number of carbonyl (C=O) groups excluding carboxylic acids is 1. The van der Waals surface area contributed by atoms with Gasteiger partial charge in [0.2, 0.25) is 5.91 Å². The standard InChI is InChI=1S/C17H26N2O2/c1-13-5-3-6-14(2)17(13)18-16(21)7-4-9-19-10-8-15(11-19)12-20/h3,5-6,15,20H,4,7-12H2,1-2H3,(H,18,21). The van der Waals surface area contributed by atoms with Crippen LogP contribution in [-0.2, 0) is 4.79 Å². The van der Waals surface area contributed by atoms with Crippen LogP contribution in [0.1, 0.15) is 30.4 Å². The molecule has 116 valence electrons. The summed E-state index contributed by atoms with van der Waals surface area (Å²) in [6, 6.07) is 6.04. The molecule has 1 fully saturated rings. The van der Waals surface area contributed by atoms with Gasteiger partial charge in [-0.25, -0.2) is 0 Å². The molecule has 1 aromatic rings. The van der Waals surface area contributed by atoms with Crippen molar-refractivity contribution in [3.05, 3.63) is 29.3 Å². The van der Waals surface area contributed by atoms with Crippen molar-refractivity contribution in [2.24, 2.45) is 5.92 Å². The Morgan fingerprint density at radius 2 is 2.10 bits per heavy atom. The van der Waals surface area contributed by atoms with Gasteiger partial charge in [0, 0.05) is 25.3 Å². The number of amides is 1. The lowest BCUT2D eigenvalue weighted by Crippen LogP contribution is -2.24. The van der Waals surface area contributed by atoms with E-state index in [1.807, 2.05) is 32.0 Å². The van der Waals surface area contributed by atoms with Gasteiger partial charge in [0.05, 0.1) is 0 Å². The number of anilines is 1. The summed E-state index contributed by atoms with van der Waals surface area (Å²) < 4.78 is 0. The van der Waals surface area contributed by atoms with E-state index in [9.17, 15) is 4.79 Å². The lowest BCUT2D eigenvalue weighted by Gasteiger charge is -2.15. The SMILES string of the molecule is Cc1cccc(C)c1NC(=O)CCCN1CCC(CO)C1. The first-order valence-electron chi connectivity index (χ1n) is 7.79. The number of aryl methyl sites for hydroxylation is 2. The van der Waals surface area contributed by atoms with Gasteiger partial charge in [-0.15, -0.1) is 0 Å².